The highest BCUT2D eigenvalue weighted by Gasteiger charge is 2.10. The molecule has 2 rings (SSSR count). The molecule has 2 aromatic rings. The first kappa shape index (κ1) is 11.7. The Morgan fingerprint density at radius 2 is 1.94 bits per heavy atom. The molecule has 0 fully saturated rings. The number of aromatic amines is 1. The third kappa shape index (κ3) is 2.18. The number of benzene rings is 1. The molecule has 3 nitrogen and oxygen atoms in total. The average molecular weight is 230 g/mol. The first-order valence-corrected chi connectivity index (χ1v) is 5.83. The minimum Gasteiger partial charge on any atom is -0.358 e. The SMILES string of the molecule is CC(C)c1cc2cc(C(=O)N(C)C)ccc2[nH]1. The molecule has 0 unspecified atom stereocenters. The van der Waals surface area contributed by atoms with Gasteiger partial charge in [0.2, 0.25) is 0 Å². The Morgan fingerprint density at radius 1 is 1.24 bits per heavy atom. The monoisotopic (exact) mass is 230 g/mol. The number of H-pyrrole nitrogens is 1. The number of rotatable bonds is 2. The van der Waals surface area contributed by atoms with Crippen molar-refractivity contribution < 1.29 is 4.79 Å². The van der Waals surface area contributed by atoms with Crippen LogP contribution in [0.3, 0.4) is 0 Å². The molecule has 17 heavy (non-hydrogen) atoms. The topological polar surface area (TPSA) is 36.1 Å². The number of hydrogen-bond acceptors (Lipinski definition) is 1. The minimum absolute atomic E-state index is 0.0409. The number of hydrogen-bond donors (Lipinski definition) is 1. The van der Waals surface area contributed by atoms with Gasteiger partial charge in [-0.2, -0.15) is 0 Å². The van der Waals surface area contributed by atoms with Crippen LogP contribution in [-0.2, 0) is 0 Å². The van der Waals surface area contributed by atoms with Crippen LogP contribution in [0.4, 0.5) is 0 Å². The lowest BCUT2D eigenvalue weighted by atomic mass is 10.1. The highest BCUT2D eigenvalue weighted by atomic mass is 16.2. The van der Waals surface area contributed by atoms with E-state index in [4.69, 9.17) is 0 Å². The molecule has 1 N–H and O–H groups in total. The van der Waals surface area contributed by atoms with Crippen molar-refractivity contribution >= 4 is 16.8 Å². The van der Waals surface area contributed by atoms with Gasteiger partial charge in [0.25, 0.3) is 5.91 Å². The van der Waals surface area contributed by atoms with E-state index in [0.29, 0.717) is 5.92 Å². The van der Waals surface area contributed by atoms with Crippen LogP contribution >= 0.6 is 0 Å². The molecule has 0 aliphatic carbocycles. The number of amides is 1. The van der Waals surface area contributed by atoms with Gasteiger partial charge in [0, 0.05) is 36.3 Å². The normalized spacial score (nSPS) is 11.1. The Kier molecular flexibility index (Phi) is 2.92. The number of carbonyl (C=O) groups excluding carboxylic acids is 1. The lowest BCUT2D eigenvalue weighted by Crippen LogP contribution is -2.21. The number of fused-ring (bicyclic) bond motifs is 1. The molecule has 0 saturated heterocycles. The van der Waals surface area contributed by atoms with Gasteiger partial charge in [-0.1, -0.05) is 13.8 Å². The molecule has 1 aromatic carbocycles. The Bertz CT molecular complexity index is 552. The standard InChI is InChI=1S/C14H18N2O/c1-9(2)13-8-11-7-10(14(17)16(3)4)5-6-12(11)15-13/h5-9,15H,1-4H3. The summed E-state index contributed by atoms with van der Waals surface area (Å²) in [5.41, 5.74) is 3.02. The van der Waals surface area contributed by atoms with Crippen molar-refractivity contribution in [2.45, 2.75) is 19.8 Å². The molecule has 0 spiro atoms. The van der Waals surface area contributed by atoms with Crippen LogP contribution in [0.1, 0.15) is 35.8 Å². The summed E-state index contributed by atoms with van der Waals surface area (Å²) in [7, 11) is 3.53. The van der Waals surface area contributed by atoms with Gasteiger partial charge in [-0.15, -0.1) is 0 Å². The van der Waals surface area contributed by atoms with E-state index in [1.165, 1.54) is 5.69 Å². The molecule has 1 aromatic heterocycles. The van der Waals surface area contributed by atoms with Gasteiger partial charge in [-0.3, -0.25) is 4.79 Å². The summed E-state index contributed by atoms with van der Waals surface area (Å²) in [6.07, 6.45) is 0. The van der Waals surface area contributed by atoms with Gasteiger partial charge < -0.3 is 9.88 Å². The van der Waals surface area contributed by atoms with Crippen LogP contribution in [0, 0.1) is 0 Å². The molecule has 90 valence electrons. The lowest BCUT2D eigenvalue weighted by Gasteiger charge is -2.09. The zero-order valence-electron chi connectivity index (χ0n) is 10.7. The Balaban J connectivity index is 2.47. The quantitative estimate of drug-likeness (QED) is 0.845. The van der Waals surface area contributed by atoms with Crippen molar-refractivity contribution in [3.8, 4) is 0 Å². The minimum atomic E-state index is 0.0409. The van der Waals surface area contributed by atoms with Crippen LogP contribution in [0.2, 0.25) is 0 Å². The van der Waals surface area contributed by atoms with Crippen molar-refractivity contribution in [1.29, 1.82) is 0 Å². The zero-order chi connectivity index (χ0) is 12.6. The van der Waals surface area contributed by atoms with Gasteiger partial charge in [0.05, 0.1) is 0 Å². The molecule has 0 aliphatic heterocycles. The lowest BCUT2D eigenvalue weighted by molar-refractivity contribution is 0.0828. The predicted molar refractivity (Wildman–Crippen MR) is 70.4 cm³/mol. The van der Waals surface area contributed by atoms with Gasteiger partial charge in [0.1, 0.15) is 0 Å². The van der Waals surface area contributed by atoms with Crippen LogP contribution in [0.5, 0.6) is 0 Å². The maximum absolute atomic E-state index is 11.8. The first-order valence-electron chi connectivity index (χ1n) is 5.83. The van der Waals surface area contributed by atoms with E-state index >= 15 is 0 Å². The summed E-state index contributed by atoms with van der Waals surface area (Å²) in [4.78, 5) is 16.8. The van der Waals surface area contributed by atoms with Gasteiger partial charge in [0.15, 0.2) is 0 Å². The average Bonchev–Trinajstić information content (AvgIpc) is 2.70. The second kappa shape index (κ2) is 4.24. The zero-order valence-corrected chi connectivity index (χ0v) is 10.7. The van der Waals surface area contributed by atoms with Crippen LogP contribution in [-0.4, -0.2) is 29.9 Å². The number of nitrogens with zero attached hydrogens (tertiary/aromatic N) is 1. The highest BCUT2D eigenvalue weighted by Crippen LogP contribution is 2.22. The summed E-state index contributed by atoms with van der Waals surface area (Å²) in [6, 6.07) is 7.90. The Morgan fingerprint density at radius 3 is 2.53 bits per heavy atom. The van der Waals surface area contributed by atoms with Gasteiger partial charge in [-0.25, -0.2) is 0 Å². The fourth-order valence-electron chi connectivity index (χ4n) is 1.86. The van der Waals surface area contributed by atoms with Crippen molar-refractivity contribution in [3.05, 3.63) is 35.5 Å². The van der Waals surface area contributed by atoms with Crippen LogP contribution in [0.15, 0.2) is 24.3 Å². The molecule has 1 amide bonds. The first-order chi connectivity index (χ1) is 7.99. The van der Waals surface area contributed by atoms with E-state index in [2.05, 4.69) is 24.9 Å². The molecular formula is C14H18N2O. The summed E-state index contributed by atoms with van der Waals surface area (Å²) in [6.45, 7) is 4.30. The van der Waals surface area contributed by atoms with E-state index in [-0.39, 0.29) is 5.91 Å². The molecule has 0 saturated carbocycles. The van der Waals surface area contributed by atoms with Crippen molar-refractivity contribution in [2.24, 2.45) is 0 Å². The maximum Gasteiger partial charge on any atom is 0.253 e. The summed E-state index contributed by atoms with van der Waals surface area (Å²) in [5, 5.41) is 1.10. The summed E-state index contributed by atoms with van der Waals surface area (Å²) < 4.78 is 0. The van der Waals surface area contributed by atoms with E-state index in [9.17, 15) is 4.79 Å². The van der Waals surface area contributed by atoms with E-state index in [0.717, 1.165) is 16.5 Å². The predicted octanol–water partition coefficient (Wildman–Crippen LogP) is 2.99. The third-order valence-electron chi connectivity index (χ3n) is 2.92. The molecule has 0 radical (unpaired) electrons. The van der Waals surface area contributed by atoms with Gasteiger partial charge in [-0.05, 0) is 30.2 Å². The van der Waals surface area contributed by atoms with Crippen LogP contribution in [0.25, 0.3) is 10.9 Å². The van der Waals surface area contributed by atoms with E-state index in [1.54, 1.807) is 19.0 Å². The Hall–Kier alpha value is -1.77. The van der Waals surface area contributed by atoms with Gasteiger partial charge >= 0.3 is 0 Å². The summed E-state index contributed by atoms with van der Waals surface area (Å²) in [5.74, 6) is 0.509. The molecule has 0 atom stereocenters. The largest absolute Gasteiger partial charge is 0.358 e. The van der Waals surface area contributed by atoms with E-state index in [1.807, 2.05) is 18.2 Å². The summed E-state index contributed by atoms with van der Waals surface area (Å²) >= 11 is 0. The second-order valence-electron chi connectivity index (χ2n) is 4.88. The smallest absolute Gasteiger partial charge is 0.253 e. The van der Waals surface area contributed by atoms with Crippen molar-refractivity contribution in [3.63, 3.8) is 0 Å². The van der Waals surface area contributed by atoms with Crippen LogP contribution < -0.4 is 0 Å². The highest BCUT2D eigenvalue weighted by molar-refractivity contribution is 5.98. The maximum atomic E-state index is 11.8. The van der Waals surface area contributed by atoms with Crippen molar-refractivity contribution in [1.82, 2.24) is 9.88 Å². The number of carbonyl (C=O) groups is 1. The van der Waals surface area contributed by atoms with E-state index < -0.39 is 0 Å². The van der Waals surface area contributed by atoms with Crippen molar-refractivity contribution in [2.75, 3.05) is 14.1 Å². The molecule has 0 aliphatic rings. The molecule has 3 heteroatoms. The fourth-order valence-corrected chi connectivity index (χ4v) is 1.86. The fraction of sp³-hybridized carbons (Fsp3) is 0.357. The number of nitrogens with one attached hydrogen (secondary N) is 1. The third-order valence-corrected chi connectivity index (χ3v) is 2.92. The second-order valence-corrected chi connectivity index (χ2v) is 4.88. The Labute approximate surface area is 101 Å². The molecular weight excluding hydrogens is 212 g/mol. The molecule has 1 heterocycles. The molecule has 0 bridgehead atoms. The number of aromatic nitrogens is 1.